The van der Waals surface area contributed by atoms with Crippen LogP contribution in [-0.2, 0) is 9.59 Å². The van der Waals surface area contributed by atoms with Gasteiger partial charge in [0.1, 0.15) is 12.6 Å². The minimum absolute atomic E-state index is 0.191. The SMILES string of the molecule is O=C1CCC(n2c3c(oc2=O)NCCO3)C(=O)N1. The van der Waals surface area contributed by atoms with Crippen molar-refractivity contribution in [1.29, 1.82) is 0 Å². The second-order valence-electron chi connectivity index (χ2n) is 4.11. The van der Waals surface area contributed by atoms with Gasteiger partial charge in [0, 0.05) is 6.42 Å². The molecule has 2 aliphatic heterocycles. The highest BCUT2D eigenvalue weighted by molar-refractivity contribution is 5.99. The van der Waals surface area contributed by atoms with Crippen molar-refractivity contribution in [2.24, 2.45) is 0 Å². The summed E-state index contributed by atoms with van der Waals surface area (Å²) in [4.78, 5) is 34.6. The number of imide groups is 1. The molecule has 1 aromatic heterocycles. The second-order valence-corrected chi connectivity index (χ2v) is 4.11. The second kappa shape index (κ2) is 3.90. The van der Waals surface area contributed by atoms with E-state index in [1.165, 1.54) is 0 Å². The van der Waals surface area contributed by atoms with E-state index in [1.54, 1.807) is 0 Å². The van der Waals surface area contributed by atoms with Crippen LogP contribution in [0.2, 0.25) is 0 Å². The number of rotatable bonds is 1. The molecule has 2 amide bonds. The van der Waals surface area contributed by atoms with Gasteiger partial charge in [-0.1, -0.05) is 0 Å². The largest absolute Gasteiger partial charge is 0.473 e. The van der Waals surface area contributed by atoms with Crippen molar-refractivity contribution in [3.05, 3.63) is 10.6 Å². The number of carbonyl (C=O) groups is 2. The number of amides is 2. The predicted octanol–water partition coefficient (Wildman–Crippen LogP) is -0.777. The molecule has 0 bridgehead atoms. The zero-order valence-electron chi connectivity index (χ0n) is 9.39. The van der Waals surface area contributed by atoms with Crippen LogP contribution in [0.25, 0.3) is 0 Å². The normalized spacial score (nSPS) is 22.8. The molecular weight excluding hydrogens is 242 g/mol. The van der Waals surface area contributed by atoms with E-state index < -0.39 is 17.7 Å². The third-order valence-electron chi connectivity index (χ3n) is 2.95. The highest BCUT2D eigenvalue weighted by Gasteiger charge is 2.34. The van der Waals surface area contributed by atoms with Crippen LogP contribution in [0.15, 0.2) is 9.21 Å². The molecule has 1 fully saturated rings. The summed E-state index contributed by atoms with van der Waals surface area (Å²) in [5, 5.41) is 5.07. The lowest BCUT2D eigenvalue weighted by Gasteiger charge is -2.23. The number of ether oxygens (including phenoxy) is 1. The van der Waals surface area contributed by atoms with Crippen molar-refractivity contribution in [2.45, 2.75) is 18.9 Å². The van der Waals surface area contributed by atoms with Crippen molar-refractivity contribution in [3.8, 4) is 5.88 Å². The third-order valence-corrected chi connectivity index (χ3v) is 2.95. The van der Waals surface area contributed by atoms with Gasteiger partial charge in [0.2, 0.25) is 11.8 Å². The molecule has 1 aromatic rings. The summed E-state index contributed by atoms with van der Waals surface area (Å²) in [6.45, 7) is 0.925. The Morgan fingerprint density at radius 1 is 1.28 bits per heavy atom. The van der Waals surface area contributed by atoms with E-state index in [2.05, 4.69) is 10.6 Å². The molecule has 0 saturated carbocycles. The van der Waals surface area contributed by atoms with Crippen molar-refractivity contribution < 1.29 is 18.7 Å². The highest BCUT2D eigenvalue weighted by atomic mass is 16.5. The number of carbonyl (C=O) groups excluding carboxylic acids is 2. The summed E-state index contributed by atoms with van der Waals surface area (Å²) in [7, 11) is 0. The molecule has 2 aliphatic rings. The number of piperidine rings is 1. The molecule has 0 aromatic carbocycles. The number of hydrogen-bond acceptors (Lipinski definition) is 6. The van der Waals surface area contributed by atoms with Crippen LogP contribution >= 0.6 is 0 Å². The summed E-state index contributed by atoms with van der Waals surface area (Å²) in [5.41, 5.74) is 0. The fraction of sp³-hybridized carbons (Fsp3) is 0.500. The van der Waals surface area contributed by atoms with Crippen LogP contribution in [0, 0.1) is 0 Å². The zero-order valence-corrected chi connectivity index (χ0v) is 9.39. The van der Waals surface area contributed by atoms with Gasteiger partial charge in [-0.15, -0.1) is 0 Å². The fourth-order valence-corrected chi connectivity index (χ4v) is 2.13. The minimum atomic E-state index is -0.761. The van der Waals surface area contributed by atoms with E-state index >= 15 is 0 Å². The number of nitrogens with one attached hydrogen (secondary N) is 2. The van der Waals surface area contributed by atoms with Crippen LogP contribution in [-0.4, -0.2) is 29.5 Å². The maximum Gasteiger partial charge on any atom is 0.424 e. The molecule has 2 N–H and O–H groups in total. The van der Waals surface area contributed by atoms with Crippen molar-refractivity contribution in [1.82, 2.24) is 9.88 Å². The molecule has 8 heteroatoms. The lowest BCUT2D eigenvalue weighted by molar-refractivity contribution is -0.135. The Morgan fingerprint density at radius 3 is 2.89 bits per heavy atom. The number of anilines is 1. The van der Waals surface area contributed by atoms with Crippen LogP contribution in [0.3, 0.4) is 0 Å². The number of oxazole rings is 1. The van der Waals surface area contributed by atoms with Gasteiger partial charge >= 0.3 is 5.76 Å². The highest BCUT2D eigenvalue weighted by Crippen LogP contribution is 2.31. The Morgan fingerprint density at radius 2 is 2.11 bits per heavy atom. The molecule has 8 nitrogen and oxygen atoms in total. The molecule has 96 valence electrons. The topological polar surface area (TPSA) is 103 Å². The monoisotopic (exact) mass is 253 g/mol. The van der Waals surface area contributed by atoms with Gasteiger partial charge in [0.25, 0.3) is 11.8 Å². The molecule has 18 heavy (non-hydrogen) atoms. The van der Waals surface area contributed by atoms with Gasteiger partial charge in [-0.2, -0.15) is 0 Å². The van der Waals surface area contributed by atoms with Gasteiger partial charge in [-0.05, 0) is 6.42 Å². The van der Waals surface area contributed by atoms with Gasteiger partial charge < -0.3 is 14.5 Å². The number of nitrogens with zero attached hydrogens (tertiary/aromatic N) is 1. The summed E-state index contributed by atoms with van der Waals surface area (Å²) < 4.78 is 11.5. The smallest absolute Gasteiger partial charge is 0.424 e. The maximum absolute atomic E-state index is 11.7. The average molecular weight is 253 g/mol. The fourth-order valence-electron chi connectivity index (χ4n) is 2.13. The summed E-state index contributed by atoms with van der Waals surface area (Å²) >= 11 is 0. The first-order chi connectivity index (χ1) is 8.66. The Labute approximate surface area is 101 Å². The Balaban J connectivity index is 2.01. The number of hydrogen-bond donors (Lipinski definition) is 2. The maximum atomic E-state index is 11.7. The Bertz CT molecular complexity index is 573. The summed E-state index contributed by atoms with van der Waals surface area (Å²) in [6, 6.07) is -0.761. The van der Waals surface area contributed by atoms with Crippen molar-refractivity contribution in [2.75, 3.05) is 18.5 Å². The first kappa shape index (κ1) is 10.9. The van der Waals surface area contributed by atoms with Gasteiger partial charge in [0.15, 0.2) is 0 Å². The first-order valence-electron chi connectivity index (χ1n) is 5.62. The molecule has 3 heterocycles. The lowest BCUT2D eigenvalue weighted by atomic mass is 10.1. The molecule has 3 rings (SSSR count). The Hall–Kier alpha value is -2.25. The minimum Gasteiger partial charge on any atom is -0.473 e. The molecule has 1 saturated heterocycles. The molecular formula is C10H11N3O5. The van der Waals surface area contributed by atoms with Gasteiger partial charge in [-0.3, -0.25) is 14.9 Å². The van der Waals surface area contributed by atoms with Crippen LogP contribution in [0.4, 0.5) is 5.88 Å². The molecule has 0 aliphatic carbocycles. The average Bonchev–Trinajstić information content (AvgIpc) is 2.66. The third kappa shape index (κ3) is 1.57. The first-order valence-corrected chi connectivity index (χ1v) is 5.62. The standard InChI is InChI=1S/C10H11N3O5/c14-6-2-1-5(7(15)12-6)13-9-8(18-10(13)16)11-3-4-17-9/h5,11H,1-4H2,(H,12,14,15). The molecule has 1 atom stereocenters. The van der Waals surface area contributed by atoms with Crippen LogP contribution in [0.1, 0.15) is 18.9 Å². The van der Waals surface area contributed by atoms with Crippen molar-refractivity contribution >= 4 is 17.7 Å². The van der Waals surface area contributed by atoms with E-state index in [1.807, 2.05) is 0 Å². The van der Waals surface area contributed by atoms with E-state index in [-0.39, 0.29) is 30.5 Å². The van der Waals surface area contributed by atoms with E-state index in [0.29, 0.717) is 13.2 Å². The van der Waals surface area contributed by atoms with Crippen molar-refractivity contribution in [3.63, 3.8) is 0 Å². The quantitative estimate of drug-likeness (QED) is 0.637. The Kier molecular flexibility index (Phi) is 2.35. The number of aromatic nitrogens is 1. The lowest BCUT2D eigenvalue weighted by Crippen LogP contribution is -2.44. The van der Waals surface area contributed by atoms with Gasteiger partial charge in [-0.25, -0.2) is 9.36 Å². The van der Waals surface area contributed by atoms with Gasteiger partial charge in [0.05, 0.1) is 6.54 Å². The predicted molar refractivity (Wildman–Crippen MR) is 58.4 cm³/mol. The summed E-state index contributed by atoms with van der Waals surface area (Å²) in [6.07, 6.45) is 0.454. The molecule has 1 unspecified atom stereocenters. The van der Waals surface area contributed by atoms with Crippen LogP contribution in [0.5, 0.6) is 5.88 Å². The molecule has 0 radical (unpaired) electrons. The number of fused-ring (bicyclic) bond motifs is 1. The van der Waals surface area contributed by atoms with Crippen LogP contribution < -0.4 is 21.1 Å². The van der Waals surface area contributed by atoms with E-state index in [0.717, 1.165) is 4.57 Å². The molecule has 0 spiro atoms. The summed E-state index contributed by atoms with van der Waals surface area (Å²) in [5.74, 6) is -1.05. The zero-order chi connectivity index (χ0) is 12.7. The van der Waals surface area contributed by atoms with E-state index in [4.69, 9.17) is 9.15 Å². The van der Waals surface area contributed by atoms with E-state index in [9.17, 15) is 14.4 Å².